The lowest BCUT2D eigenvalue weighted by molar-refractivity contribution is 0.0698. The summed E-state index contributed by atoms with van der Waals surface area (Å²) in [6, 6.07) is 2.60. The first-order valence-corrected chi connectivity index (χ1v) is 6.16. The van der Waals surface area contributed by atoms with Crippen molar-refractivity contribution in [1.82, 2.24) is 0 Å². The average molecular weight is 268 g/mol. The highest BCUT2D eigenvalue weighted by Crippen LogP contribution is 2.32. The Morgan fingerprint density at radius 2 is 2.26 bits per heavy atom. The van der Waals surface area contributed by atoms with Crippen LogP contribution in [0.15, 0.2) is 12.1 Å². The molecular weight excluding hydrogens is 251 g/mol. The van der Waals surface area contributed by atoms with Crippen LogP contribution in [0.4, 0.5) is 15.8 Å². The Bertz CT molecular complexity index is 505. The van der Waals surface area contributed by atoms with Crippen molar-refractivity contribution in [2.24, 2.45) is 5.92 Å². The van der Waals surface area contributed by atoms with E-state index in [1.54, 1.807) is 6.92 Å². The van der Waals surface area contributed by atoms with Crippen LogP contribution in [0.3, 0.4) is 0 Å². The molecule has 2 rings (SSSR count). The Kier molecular flexibility index (Phi) is 3.61. The third kappa shape index (κ3) is 2.49. The summed E-state index contributed by atoms with van der Waals surface area (Å²) in [6.07, 6.45) is 0.324. The predicted octanol–water partition coefficient (Wildman–Crippen LogP) is 1.31. The summed E-state index contributed by atoms with van der Waals surface area (Å²) in [5.41, 5.74) is 5.38. The number of anilines is 2. The highest BCUT2D eigenvalue weighted by Gasteiger charge is 2.29. The fourth-order valence-corrected chi connectivity index (χ4v) is 2.47. The molecule has 1 heterocycles. The maximum Gasteiger partial charge on any atom is 0.340 e. The number of hydrogen-bond acceptors (Lipinski definition) is 4. The van der Waals surface area contributed by atoms with Crippen molar-refractivity contribution in [3.8, 4) is 0 Å². The third-order valence-corrected chi connectivity index (χ3v) is 3.63. The maximum atomic E-state index is 13.4. The van der Waals surface area contributed by atoms with Crippen molar-refractivity contribution in [3.05, 3.63) is 23.5 Å². The number of nitrogens with two attached hydrogens (primary N) is 1. The number of aromatic carboxylic acids is 1. The van der Waals surface area contributed by atoms with Gasteiger partial charge >= 0.3 is 5.97 Å². The number of rotatable bonds is 3. The van der Waals surface area contributed by atoms with Gasteiger partial charge in [0.2, 0.25) is 0 Å². The number of hydrogen-bond donors (Lipinski definition) is 3. The first kappa shape index (κ1) is 13.6. The number of aliphatic hydroxyl groups is 1. The van der Waals surface area contributed by atoms with Crippen LogP contribution in [-0.2, 0) is 0 Å². The number of halogens is 1. The third-order valence-electron chi connectivity index (χ3n) is 3.63. The number of nitrogen functional groups attached to an aromatic ring is 1. The minimum Gasteiger partial charge on any atom is -0.478 e. The summed E-state index contributed by atoms with van der Waals surface area (Å²) in [5, 5.41) is 18.7. The van der Waals surface area contributed by atoms with E-state index in [-0.39, 0.29) is 17.2 Å². The Balaban J connectivity index is 2.36. The van der Waals surface area contributed by atoms with Gasteiger partial charge in [-0.05, 0) is 25.5 Å². The Morgan fingerprint density at radius 1 is 1.58 bits per heavy atom. The normalized spacial score (nSPS) is 20.6. The highest BCUT2D eigenvalue weighted by atomic mass is 19.1. The van der Waals surface area contributed by atoms with E-state index in [1.807, 2.05) is 4.90 Å². The lowest BCUT2D eigenvalue weighted by Gasteiger charge is -2.22. The van der Waals surface area contributed by atoms with Gasteiger partial charge in [-0.3, -0.25) is 0 Å². The molecule has 0 amide bonds. The summed E-state index contributed by atoms with van der Waals surface area (Å²) in [6.45, 7) is 2.88. The molecule has 0 aliphatic carbocycles. The van der Waals surface area contributed by atoms with Crippen LogP contribution < -0.4 is 10.6 Å². The average Bonchev–Trinajstić information content (AvgIpc) is 2.81. The van der Waals surface area contributed by atoms with Gasteiger partial charge in [0.05, 0.1) is 17.5 Å². The number of benzene rings is 1. The number of carbonyl (C=O) groups is 1. The number of carboxylic acid groups (broad SMARTS) is 1. The second kappa shape index (κ2) is 5.05. The molecule has 1 saturated heterocycles. The van der Waals surface area contributed by atoms with Crippen molar-refractivity contribution in [2.45, 2.75) is 19.4 Å². The molecule has 104 valence electrons. The van der Waals surface area contributed by atoms with E-state index in [2.05, 4.69) is 0 Å². The zero-order valence-corrected chi connectivity index (χ0v) is 10.6. The zero-order chi connectivity index (χ0) is 14.2. The second-order valence-corrected chi connectivity index (χ2v) is 4.90. The molecule has 1 aromatic rings. The fraction of sp³-hybridized carbons (Fsp3) is 0.462. The SMILES string of the molecule is CC(O)C1CCN(c2ccc(F)c(N)c2C(=O)O)C1. The van der Waals surface area contributed by atoms with Crippen LogP contribution >= 0.6 is 0 Å². The molecule has 1 aliphatic heterocycles. The molecule has 0 radical (unpaired) electrons. The van der Waals surface area contributed by atoms with E-state index in [4.69, 9.17) is 5.73 Å². The van der Waals surface area contributed by atoms with E-state index in [9.17, 15) is 19.4 Å². The molecule has 19 heavy (non-hydrogen) atoms. The van der Waals surface area contributed by atoms with Gasteiger partial charge in [-0.2, -0.15) is 0 Å². The Labute approximate surface area is 110 Å². The van der Waals surface area contributed by atoms with Crippen LogP contribution in [0.5, 0.6) is 0 Å². The molecule has 6 heteroatoms. The first-order valence-electron chi connectivity index (χ1n) is 6.16. The van der Waals surface area contributed by atoms with Crippen molar-refractivity contribution in [2.75, 3.05) is 23.7 Å². The minimum atomic E-state index is -1.24. The molecule has 1 aliphatic rings. The zero-order valence-electron chi connectivity index (χ0n) is 10.6. The quantitative estimate of drug-likeness (QED) is 0.720. The van der Waals surface area contributed by atoms with Crippen LogP contribution in [0.1, 0.15) is 23.7 Å². The van der Waals surface area contributed by atoms with Gasteiger partial charge in [0.1, 0.15) is 11.4 Å². The van der Waals surface area contributed by atoms with Gasteiger partial charge in [-0.15, -0.1) is 0 Å². The van der Waals surface area contributed by atoms with Crippen LogP contribution in [0.2, 0.25) is 0 Å². The maximum absolute atomic E-state index is 13.4. The topological polar surface area (TPSA) is 86.8 Å². The number of aliphatic hydroxyl groups excluding tert-OH is 1. The van der Waals surface area contributed by atoms with Gasteiger partial charge in [0, 0.05) is 19.0 Å². The highest BCUT2D eigenvalue weighted by molar-refractivity contribution is 6.00. The molecule has 2 atom stereocenters. The van der Waals surface area contributed by atoms with Gasteiger partial charge in [0.25, 0.3) is 0 Å². The Morgan fingerprint density at radius 3 is 2.79 bits per heavy atom. The molecule has 1 fully saturated rings. The summed E-state index contributed by atoms with van der Waals surface area (Å²) in [5.74, 6) is -1.88. The van der Waals surface area contributed by atoms with Crippen molar-refractivity contribution >= 4 is 17.3 Å². The first-order chi connectivity index (χ1) is 8.91. The molecule has 2 unspecified atom stereocenters. The monoisotopic (exact) mass is 268 g/mol. The Hall–Kier alpha value is -1.82. The second-order valence-electron chi connectivity index (χ2n) is 4.90. The lowest BCUT2D eigenvalue weighted by Crippen LogP contribution is -2.26. The smallest absolute Gasteiger partial charge is 0.340 e. The molecule has 1 aromatic carbocycles. The molecule has 0 saturated carbocycles. The molecular formula is C13H17FN2O3. The van der Waals surface area contributed by atoms with Crippen LogP contribution in [-0.4, -0.2) is 35.4 Å². The van der Waals surface area contributed by atoms with E-state index >= 15 is 0 Å². The summed E-state index contributed by atoms with van der Waals surface area (Å²) >= 11 is 0. The van der Waals surface area contributed by atoms with Crippen molar-refractivity contribution in [3.63, 3.8) is 0 Å². The van der Waals surface area contributed by atoms with E-state index in [0.717, 1.165) is 6.42 Å². The summed E-state index contributed by atoms with van der Waals surface area (Å²) in [7, 11) is 0. The van der Waals surface area contributed by atoms with E-state index in [1.165, 1.54) is 12.1 Å². The van der Waals surface area contributed by atoms with E-state index in [0.29, 0.717) is 18.8 Å². The number of carboxylic acids is 1. The molecule has 0 spiro atoms. The van der Waals surface area contributed by atoms with Gasteiger partial charge in [-0.1, -0.05) is 0 Å². The molecule has 5 nitrogen and oxygen atoms in total. The number of nitrogens with zero attached hydrogens (tertiary/aromatic N) is 1. The van der Waals surface area contributed by atoms with Gasteiger partial charge in [-0.25, -0.2) is 9.18 Å². The largest absolute Gasteiger partial charge is 0.478 e. The van der Waals surface area contributed by atoms with Crippen LogP contribution in [0, 0.1) is 11.7 Å². The lowest BCUT2D eigenvalue weighted by atomic mass is 10.0. The predicted molar refractivity (Wildman–Crippen MR) is 69.8 cm³/mol. The summed E-state index contributed by atoms with van der Waals surface area (Å²) in [4.78, 5) is 13.1. The van der Waals surface area contributed by atoms with E-state index < -0.39 is 17.9 Å². The molecule has 0 bridgehead atoms. The minimum absolute atomic E-state index is 0.0907. The van der Waals surface area contributed by atoms with Gasteiger partial charge in [0.15, 0.2) is 0 Å². The standard InChI is InChI=1S/C13H17FN2O3/c1-7(17)8-4-5-16(6-8)10-3-2-9(14)12(15)11(10)13(18)19/h2-3,7-8,17H,4-6,15H2,1H3,(H,18,19). The fourth-order valence-electron chi connectivity index (χ4n) is 2.47. The molecule has 0 aromatic heterocycles. The van der Waals surface area contributed by atoms with Crippen molar-refractivity contribution in [1.29, 1.82) is 0 Å². The van der Waals surface area contributed by atoms with Crippen LogP contribution in [0.25, 0.3) is 0 Å². The van der Waals surface area contributed by atoms with Crippen molar-refractivity contribution < 1.29 is 19.4 Å². The van der Waals surface area contributed by atoms with Gasteiger partial charge < -0.3 is 20.8 Å². The molecule has 4 N–H and O–H groups in total. The summed E-state index contributed by atoms with van der Waals surface area (Å²) < 4.78 is 13.4.